The zero-order chi connectivity index (χ0) is 21.9. The van der Waals surface area contributed by atoms with Crippen LogP contribution in [-0.4, -0.2) is 44.2 Å². The molecule has 9 nitrogen and oxygen atoms in total. The minimum absolute atomic E-state index is 0.137. The number of nitro groups is 1. The molecule has 0 heterocycles. The number of nitro benzene ring substituents is 1. The van der Waals surface area contributed by atoms with Crippen molar-refractivity contribution in [1.82, 2.24) is 4.72 Å². The second kappa shape index (κ2) is 12.3. The van der Waals surface area contributed by atoms with Crippen LogP contribution in [-0.2, 0) is 19.6 Å². The molecule has 0 saturated heterocycles. The summed E-state index contributed by atoms with van der Waals surface area (Å²) in [7, 11) is -4.15. The van der Waals surface area contributed by atoms with E-state index in [0.717, 1.165) is 37.8 Å². The molecule has 0 bridgehead atoms. The third-order valence-corrected chi connectivity index (χ3v) is 5.75. The number of rotatable bonds is 13. The molecule has 0 amide bonds. The first-order chi connectivity index (χ1) is 13.7. The minimum Gasteiger partial charge on any atom is -0.461 e. The van der Waals surface area contributed by atoms with Crippen molar-refractivity contribution in [2.75, 3.05) is 19.8 Å². The van der Waals surface area contributed by atoms with Crippen molar-refractivity contribution < 1.29 is 28.0 Å². The fourth-order valence-corrected chi connectivity index (χ4v) is 3.89. The lowest BCUT2D eigenvalue weighted by atomic mass is 10.0. The number of unbranched alkanes of at least 4 members (excludes halogenated alkanes) is 3. The molecule has 0 fully saturated rings. The van der Waals surface area contributed by atoms with Crippen LogP contribution in [0.2, 0.25) is 0 Å². The van der Waals surface area contributed by atoms with Crippen LogP contribution in [0.15, 0.2) is 40.3 Å². The maximum absolute atomic E-state index is 12.6. The van der Waals surface area contributed by atoms with E-state index < -0.39 is 31.5 Å². The highest BCUT2D eigenvalue weighted by atomic mass is 32.2. The SMILES string of the molecule is CCCCCC/C(CNS(=O)(=O)c1ccccc1[N+](=O)[O-])=C(\CO)COC(C)=O. The smallest absolute Gasteiger partial charge is 0.302 e. The zero-order valence-corrected chi connectivity index (χ0v) is 17.5. The number of ether oxygens (including phenoxy) is 1. The van der Waals surface area contributed by atoms with Crippen LogP contribution in [0, 0.1) is 10.1 Å². The van der Waals surface area contributed by atoms with Crippen molar-refractivity contribution >= 4 is 21.7 Å². The van der Waals surface area contributed by atoms with Gasteiger partial charge in [-0.05, 0) is 24.5 Å². The number of nitrogens with zero attached hydrogens (tertiary/aromatic N) is 1. The van der Waals surface area contributed by atoms with Crippen LogP contribution >= 0.6 is 0 Å². The van der Waals surface area contributed by atoms with E-state index in [9.17, 15) is 28.4 Å². The predicted octanol–water partition coefficient (Wildman–Crippen LogP) is 2.70. The van der Waals surface area contributed by atoms with Gasteiger partial charge in [0.1, 0.15) is 6.61 Å². The first kappa shape index (κ1) is 24.7. The molecule has 0 saturated carbocycles. The number of nitrogens with one attached hydrogen (secondary N) is 1. The first-order valence-electron chi connectivity index (χ1n) is 9.40. The highest BCUT2D eigenvalue weighted by Crippen LogP contribution is 2.23. The zero-order valence-electron chi connectivity index (χ0n) is 16.7. The lowest BCUT2D eigenvalue weighted by molar-refractivity contribution is -0.387. The Balaban J connectivity index is 3.06. The molecule has 0 unspecified atom stereocenters. The van der Waals surface area contributed by atoms with Crippen LogP contribution in [0.5, 0.6) is 0 Å². The second-order valence-electron chi connectivity index (χ2n) is 6.51. The Morgan fingerprint density at radius 2 is 1.90 bits per heavy atom. The molecule has 0 spiro atoms. The van der Waals surface area contributed by atoms with E-state index in [4.69, 9.17) is 4.74 Å². The van der Waals surface area contributed by atoms with Gasteiger partial charge in [-0.2, -0.15) is 0 Å². The summed E-state index contributed by atoms with van der Waals surface area (Å²) < 4.78 is 32.6. The van der Waals surface area contributed by atoms with Gasteiger partial charge in [0, 0.05) is 19.5 Å². The molecular formula is C19H28N2O7S. The fourth-order valence-electron chi connectivity index (χ4n) is 2.70. The Hall–Kier alpha value is -2.30. The number of sulfonamides is 1. The molecule has 0 aliphatic rings. The van der Waals surface area contributed by atoms with Gasteiger partial charge in [0.05, 0.1) is 11.5 Å². The molecule has 1 aromatic carbocycles. The number of aliphatic hydroxyl groups is 1. The number of esters is 1. The summed E-state index contributed by atoms with van der Waals surface area (Å²) in [6.45, 7) is 2.65. The van der Waals surface area contributed by atoms with Crippen molar-refractivity contribution in [2.24, 2.45) is 0 Å². The fraction of sp³-hybridized carbons (Fsp3) is 0.526. The normalized spacial score (nSPS) is 12.4. The molecule has 162 valence electrons. The van der Waals surface area contributed by atoms with E-state index in [2.05, 4.69) is 11.6 Å². The van der Waals surface area contributed by atoms with E-state index in [1.54, 1.807) is 0 Å². The van der Waals surface area contributed by atoms with Gasteiger partial charge in [0.25, 0.3) is 5.69 Å². The molecule has 1 aromatic rings. The summed E-state index contributed by atoms with van der Waals surface area (Å²) in [6.07, 6.45) is 4.27. The average molecular weight is 429 g/mol. The topological polar surface area (TPSA) is 136 Å². The molecule has 0 aliphatic heterocycles. The predicted molar refractivity (Wildman–Crippen MR) is 108 cm³/mol. The van der Waals surface area contributed by atoms with Crippen LogP contribution in [0.1, 0.15) is 46.0 Å². The van der Waals surface area contributed by atoms with E-state index in [-0.39, 0.29) is 19.8 Å². The van der Waals surface area contributed by atoms with Gasteiger partial charge in [-0.1, -0.05) is 43.9 Å². The highest BCUT2D eigenvalue weighted by Gasteiger charge is 2.25. The van der Waals surface area contributed by atoms with Gasteiger partial charge in [-0.15, -0.1) is 0 Å². The Labute approximate surface area is 171 Å². The van der Waals surface area contributed by atoms with Gasteiger partial charge in [-0.25, -0.2) is 13.1 Å². The Morgan fingerprint density at radius 3 is 2.48 bits per heavy atom. The van der Waals surface area contributed by atoms with E-state index >= 15 is 0 Å². The summed E-state index contributed by atoms with van der Waals surface area (Å²) in [5.74, 6) is -0.512. The molecule has 10 heteroatoms. The first-order valence-corrected chi connectivity index (χ1v) is 10.9. The number of carbonyl (C=O) groups excluding carboxylic acids is 1. The number of hydrogen-bond acceptors (Lipinski definition) is 7. The third-order valence-electron chi connectivity index (χ3n) is 4.30. The number of aliphatic hydroxyl groups excluding tert-OH is 1. The summed E-state index contributed by atoms with van der Waals surface area (Å²) in [5, 5.41) is 20.8. The standard InChI is InChI=1S/C19H28N2O7S/c1-3-4-5-6-9-16(17(13-22)14-28-15(2)23)12-20-29(26,27)19-11-8-7-10-18(19)21(24)25/h7-8,10-11,20,22H,3-6,9,12-14H2,1-2H3/b17-16-. The Morgan fingerprint density at radius 1 is 1.21 bits per heavy atom. The van der Waals surface area contributed by atoms with E-state index in [1.165, 1.54) is 19.1 Å². The Bertz CT molecular complexity index is 835. The van der Waals surface area contributed by atoms with Crippen molar-refractivity contribution in [3.63, 3.8) is 0 Å². The summed E-state index contributed by atoms with van der Waals surface area (Å²) in [6, 6.07) is 5.08. The second-order valence-corrected chi connectivity index (χ2v) is 8.24. The largest absolute Gasteiger partial charge is 0.461 e. The van der Waals surface area contributed by atoms with E-state index in [1.807, 2.05) is 0 Å². The monoisotopic (exact) mass is 428 g/mol. The molecule has 0 atom stereocenters. The minimum atomic E-state index is -4.15. The maximum atomic E-state index is 12.6. The molecule has 1 rings (SSSR count). The van der Waals surface area contributed by atoms with Crippen LogP contribution in [0.3, 0.4) is 0 Å². The van der Waals surface area contributed by atoms with Gasteiger partial charge < -0.3 is 9.84 Å². The van der Waals surface area contributed by atoms with Crippen molar-refractivity contribution in [3.05, 3.63) is 45.5 Å². The molecule has 0 aliphatic carbocycles. The molecule has 0 aromatic heterocycles. The van der Waals surface area contributed by atoms with Crippen molar-refractivity contribution in [3.8, 4) is 0 Å². The molecular weight excluding hydrogens is 400 g/mol. The van der Waals surface area contributed by atoms with Crippen molar-refractivity contribution in [1.29, 1.82) is 0 Å². The van der Waals surface area contributed by atoms with Gasteiger partial charge in [0.15, 0.2) is 4.90 Å². The van der Waals surface area contributed by atoms with Gasteiger partial charge in [0.2, 0.25) is 10.0 Å². The summed E-state index contributed by atoms with van der Waals surface area (Å²) >= 11 is 0. The third kappa shape index (κ3) is 8.30. The van der Waals surface area contributed by atoms with Gasteiger partial charge in [-0.3, -0.25) is 14.9 Å². The number of hydrogen-bond donors (Lipinski definition) is 2. The van der Waals surface area contributed by atoms with Crippen molar-refractivity contribution in [2.45, 2.75) is 50.8 Å². The van der Waals surface area contributed by atoms with Gasteiger partial charge >= 0.3 is 5.97 Å². The number of carbonyl (C=O) groups is 1. The molecule has 29 heavy (non-hydrogen) atoms. The molecule has 0 radical (unpaired) electrons. The van der Waals surface area contributed by atoms with Crippen LogP contribution in [0.4, 0.5) is 5.69 Å². The lowest BCUT2D eigenvalue weighted by Crippen LogP contribution is -2.28. The summed E-state index contributed by atoms with van der Waals surface area (Å²) in [4.78, 5) is 21.0. The quantitative estimate of drug-likeness (QED) is 0.162. The number of benzene rings is 1. The van der Waals surface area contributed by atoms with Crippen LogP contribution in [0.25, 0.3) is 0 Å². The lowest BCUT2D eigenvalue weighted by Gasteiger charge is -2.15. The summed E-state index contributed by atoms with van der Waals surface area (Å²) in [5.41, 5.74) is 0.504. The van der Waals surface area contributed by atoms with Crippen LogP contribution < -0.4 is 4.72 Å². The van der Waals surface area contributed by atoms with E-state index in [0.29, 0.717) is 17.6 Å². The maximum Gasteiger partial charge on any atom is 0.302 e. The molecule has 2 N–H and O–H groups in total. The highest BCUT2D eigenvalue weighted by molar-refractivity contribution is 7.89. The number of para-hydroxylation sites is 1. The Kier molecular flexibility index (Phi) is 10.5. The average Bonchev–Trinajstić information content (AvgIpc) is 2.68.